The van der Waals surface area contributed by atoms with E-state index >= 15 is 0 Å². The van der Waals surface area contributed by atoms with Gasteiger partial charge in [0, 0.05) is 5.92 Å². The molecule has 0 aliphatic heterocycles. The monoisotopic (exact) mass is 266 g/mol. The molecule has 2 aromatic carbocycles. The zero-order valence-corrected chi connectivity index (χ0v) is 11.9. The van der Waals surface area contributed by atoms with Gasteiger partial charge < -0.3 is 5.11 Å². The van der Waals surface area contributed by atoms with Gasteiger partial charge in [-0.3, -0.25) is 0 Å². The SMILES string of the molecule is C=CC(c1ccccc1)C(Cc1ccccc1)C(C)O. The van der Waals surface area contributed by atoms with Crippen LogP contribution >= 0.6 is 0 Å². The fraction of sp³-hybridized carbons (Fsp3) is 0.263. The van der Waals surface area contributed by atoms with E-state index in [1.807, 2.05) is 49.4 Å². The molecule has 2 rings (SSSR count). The number of benzene rings is 2. The molecule has 0 aromatic heterocycles. The third-order valence-electron chi connectivity index (χ3n) is 3.83. The van der Waals surface area contributed by atoms with Gasteiger partial charge in [-0.15, -0.1) is 6.58 Å². The standard InChI is InChI=1S/C19H22O/c1-3-18(17-12-8-5-9-13-17)19(15(2)20)14-16-10-6-4-7-11-16/h3-13,15,18-20H,1,14H2,2H3. The lowest BCUT2D eigenvalue weighted by Gasteiger charge is -2.27. The molecule has 1 heteroatoms. The van der Waals surface area contributed by atoms with E-state index in [1.54, 1.807) is 0 Å². The highest BCUT2D eigenvalue weighted by Crippen LogP contribution is 2.31. The van der Waals surface area contributed by atoms with Gasteiger partial charge >= 0.3 is 0 Å². The van der Waals surface area contributed by atoms with E-state index in [1.165, 1.54) is 11.1 Å². The highest BCUT2D eigenvalue weighted by atomic mass is 16.3. The van der Waals surface area contributed by atoms with Crippen LogP contribution in [0.5, 0.6) is 0 Å². The van der Waals surface area contributed by atoms with Gasteiger partial charge in [0.15, 0.2) is 0 Å². The maximum Gasteiger partial charge on any atom is 0.0552 e. The van der Waals surface area contributed by atoms with Crippen LogP contribution in [0.1, 0.15) is 24.0 Å². The van der Waals surface area contributed by atoms with Crippen LogP contribution in [-0.4, -0.2) is 11.2 Å². The molecule has 0 spiro atoms. The second-order valence-corrected chi connectivity index (χ2v) is 5.27. The van der Waals surface area contributed by atoms with Gasteiger partial charge in [0.05, 0.1) is 6.10 Å². The molecular weight excluding hydrogens is 244 g/mol. The summed E-state index contributed by atoms with van der Waals surface area (Å²) in [5, 5.41) is 10.2. The number of hydrogen-bond donors (Lipinski definition) is 1. The molecule has 0 saturated heterocycles. The Morgan fingerprint density at radius 1 is 1.00 bits per heavy atom. The summed E-state index contributed by atoms with van der Waals surface area (Å²) < 4.78 is 0. The fourth-order valence-electron chi connectivity index (χ4n) is 2.72. The van der Waals surface area contributed by atoms with E-state index in [0.717, 1.165) is 6.42 Å². The smallest absolute Gasteiger partial charge is 0.0552 e. The summed E-state index contributed by atoms with van der Waals surface area (Å²) in [6.45, 7) is 5.84. The molecule has 0 aliphatic carbocycles. The summed E-state index contributed by atoms with van der Waals surface area (Å²) in [5.41, 5.74) is 2.46. The summed E-state index contributed by atoms with van der Waals surface area (Å²) in [6, 6.07) is 20.6. The minimum atomic E-state index is -0.376. The van der Waals surface area contributed by atoms with Crippen molar-refractivity contribution in [3.63, 3.8) is 0 Å². The van der Waals surface area contributed by atoms with E-state index in [-0.39, 0.29) is 17.9 Å². The van der Waals surface area contributed by atoms with Crippen LogP contribution in [0.4, 0.5) is 0 Å². The number of aliphatic hydroxyl groups excluding tert-OH is 1. The van der Waals surface area contributed by atoms with Crippen LogP contribution in [0.15, 0.2) is 73.3 Å². The molecule has 0 bridgehead atoms. The Morgan fingerprint density at radius 2 is 1.55 bits per heavy atom. The molecule has 0 aliphatic rings. The van der Waals surface area contributed by atoms with Gasteiger partial charge in [-0.1, -0.05) is 66.7 Å². The predicted molar refractivity (Wildman–Crippen MR) is 84.7 cm³/mol. The Morgan fingerprint density at radius 3 is 2.05 bits per heavy atom. The Kier molecular flexibility index (Phi) is 5.14. The van der Waals surface area contributed by atoms with Gasteiger partial charge in [-0.25, -0.2) is 0 Å². The summed E-state index contributed by atoms with van der Waals surface area (Å²) in [5.74, 6) is 0.300. The number of aliphatic hydroxyl groups is 1. The summed E-state index contributed by atoms with van der Waals surface area (Å²) in [4.78, 5) is 0. The van der Waals surface area contributed by atoms with Crippen molar-refractivity contribution in [2.75, 3.05) is 0 Å². The molecule has 0 radical (unpaired) electrons. The highest BCUT2D eigenvalue weighted by Gasteiger charge is 2.25. The van der Waals surface area contributed by atoms with Gasteiger partial charge in [-0.05, 0) is 30.4 Å². The first-order valence-electron chi connectivity index (χ1n) is 7.12. The molecular formula is C19H22O. The maximum absolute atomic E-state index is 10.2. The van der Waals surface area contributed by atoms with Gasteiger partial charge in [0.25, 0.3) is 0 Å². The van der Waals surface area contributed by atoms with Crippen molar-refractivity contribution < 1.29 is 5.11 Å². The van der Waals surface area contributed by atoms with E-state index in [9.17, 15) is 5.11 Å². The third kappa shape index (κ3) is 3.58. The molecule has 104 valence electrons. The average molecular weight is 266 g/mol. The molecule has 20 heavy (non-hydrogen) atoms. The summed E-state index contributed by atoms with van der Waals surface area (Å²) >= 11 is 0. The second kappa shape index (κ2) is 7.06. The third-order valence-corrected chi connectivity index (χ3v) is 3.83. The largest absolute Gasteiger partial charge is 0.393 e. The zero-order valence-electron chi connectivity index (χ0n) is 11.9. The van der Waals surface area contributed by atoms with E-state index in [0.29, 0.717) is 0 Å². The van der Waals surface area contributed by atoms with Crippen LogP contribution in [0.3, 0.4) is 0 Å². The van der Waals surface area contributed by atoms with E-state index < -0.39 is 0 Å². The first-order chi connectivity index (χ1) is 9.72. The molecule has 3 unspecified atom stereocenters. The zero-order chi connectivity index (χ0) is 14.4. The lowest BCUT2D eigenvalue weighted by Crippen LogP contribution is -2.25. The van der Waals surface area contributed by atoms with Crippen molar-refractivity contribution in [2.24, 2.45) is 5.92 Å². The Hall–Kier alpha value is -1.86. The van der Waals surface area contributed by atoms with Gasteiger partial charge in [0.1, 0.15) is 0 Å². The quantitative estimate of drug-likeness (QED) is 0.777. The van der Waals surface area contributed by atoms with Crippen molar-refractivity contribution in [3.05, 3.63) is 84.4 Å². The molecule has 1 nitrogen and oxygen atoms in total. The molecule has 0 amide bonds. The van der Waals surface area contributed by atoms with Crippen LogP contribution in [-0.2, 0) is 6.42 Å². The van der Waals surface area contributed by atoms with Crippen molar-refractivity contribution in [2.45, 2.75) is 25.4 Å². The van der Waals surface area contributed by atoms with Gasteiger partial charge in [-0.2, -0.15) is 0 Å². The molecule has 1 N–H and O–H groups in total. The number of hydrogen-bond acceptors (Lipinski definition) is 1. The highest BCUT2D eigenvalue weighted by molar-refractivity contribution is 5.26. The van der Waals surface area contributed by atoms with Crippen molar-refractivity contribution in [1.82, 2.24) is 0 Å². The van der Waals surface area contributed by atoms with Crippen LogP contribution in [0.25, 0.3) is 0 Å². The average Bonchev–Trinajstić information content (AvgIpc) is 2.49. The van der Waals surface area contributed by atoms with Crippen LogP contribution in [0, 0.1) is 5.92 Å². The van der Waals surface area contributed by atoms with Crippen molar-refractivity contribution >= 4 is 0 Å². The summed E-state index contributed by atoms with van der Waals surface area (Å²) in [7, 11) is 0. The maximum atomic E-state index is 10.2. The Balaban J connectivity index is 2.25. The second-order valence-electron chi connectivity index (χ2n) is 5.27. The molecule has 0 fully saturated rings. The van der Waals surface area contributed by atoms with E-state index in [4.69, 9.17) is 0 Å². The minimum Gasteiger partial charge on any atom is -0.393 e. The first-order valence-corrected chi connectivity index (χ1v) is 7.12. The number of allylic oxidation sites excluding steroid dienone is 1. The fourth-order valence-corrected chi connectivity index (χ4v) is 2.72. The lowest BCUT2D eigenvalue weighted by molar-refractivity contribution is 0.117. The van der Waals surface area contributed by atoms with Crippen molar-refractivity contribution in [1.29, 1.82) is 0 Å². The Labute approximate surface area is 121 Å². The topological polar surface area (TPSA) is 20.2 Å². The van der Waals surface area contributed by atoms with Crippen molar-refractivity contribution in [3.8, 4) is 0 Å². The molecule has 0 saturated carbocycles. The molecule has 3 atom stereocenters. The van der Waals surface area contributed by atoms with Gasteiger partial charge in [0.2, 0.25) is 0 Å². The Bertz CT molecular complexity index is 516. The normalized spacial score (nSPS) is 15.3. The number of rotatable bonds is 6. The lowest BCUT2D eigenvalue weighted by atomic mass is 9.79. The van der Waals surface area contributed by atoms with E-state index in [2.05, 4.69) is 30.8 Å². The first kappa shape index (κ1) is 14.5. The minimum absolute atomic E-state index is 0.136. The molecule has 0 heterocycles. The molecule has 2 aromatic rings. The summed E-state index contributed by atoms with van der Waals surface area (Å²) in [6.07, 6.45) is 2.43. The van der Waals surface area contributed by atoms with Crippen LogP contribution < -0.4 is 0 Å². The van der Waals surface area contributed by atoms with Crippen LogP contribution in [0.2, 0.25) is 0 Å². The predicted octanol–water partition coefficient (Wildman–Crippen LogP) is 4.20.